The van der Waals surface area contributed by atoms with Crippen molar-refractivity contribution in [3.05, 3.63) is 12.2 Å². The summed E-state index contributed by atoms with van der Waals surface area (Å²) in [5.41, 5.74) is 0. The SMILES string of the molecule is COC/C=C/CCCC(C)C=O. The summed E-state index contributed by atoms with van der Waals surface area (Å²) in [5.74, 6) is 0.209. The van der Waals surface area contributed by atoms with Crippen LogP contribution < -0.4 is 0 Å². The first-order valence-electron chi connectivity index (χ1n) is 4.40. The maximum absolute atomic E-state index is 10.2. The van der Waals surface area contributed by atoms with Gasteiger partial charge in [-0.15, -0.1) is 0 Å². The molecule has 70 valence electrons. The lowest BCUT2D eigenvalue weighted by molar-refractivity contribution is -0.110. The second kappa shape index (κ2) is 8.47. The Bertz CT molecular complexity index is 130. The maximum atomic E-state index is 10.2. The first-order chi connectivity index (χ1) is 5.81. The van der Waals surface area contributed by atoms with Gasteiger partial charge in [-0.05, 0) is 19.3 Å². The second-order valence-electron chi connectivity index (χ2n) is 2.97. The number of hydrogen-bond donors (Lipinski definition) is 0. The number of carbonyl (C=O) groups excluding carboxylic acids is 1. The summed E-state index contributed by atoms with van der Waals surface area (Å²) in [6.45, 7) is 2.63. The third kappa shape index (κ3) is 7.48. The standard InChI is InChI=1S/C10H18O2/c1-10(9-11)7-5-3-4-6-8-12-2/h4,6,9-10H,3,5,7-8H2,1-2H3/b6-4+. The number of allylic oxidation sites excluding steroid dienone is 1. The molecule has 0 fully saturated rings. The van der Waals surface area contributed by atoms with E-state index in [4.69, 9.17) is 4.74 Å². The molecule has 0 rings (SSSR count). The molecule has 0 saturated carbocycles. The minimum absolute atomic E-state index is 0.209. The Hall–Kier alpha value is -0.630. The average molecular weight is 170 g/mol. The Labute approximate surface area is 74.6 Å². The van der Waals surface area contributed by atoms with E-state index in [9.17, 15) is 4.79 Å². The highest BCUT2D eigenvalue weighted by atomic mass is 16.5. The van der Waals surface area contributed by atoms with Crippen molar-refractivity contribution in [2.75, 3.05) is 13.7 Å². The van der Waals surface area contributed by atoms with Gasteiger partial charge in [0.1, 0.15) is 6.29 Å². The van der Waals surface area contributed by atoms with Crippen LogP contribution >= 0.6 is 0 Å². The predicted molar refractivity (Wildman–Crippen MR) is 50.1 cm³/mol. The smallest absolute Gasteiger partial charge is 0.122 e. The van der Waals surface area contributed by atoms with Gasteiger partial charge in [0.15, 0.2) is 0 Å². The quantitative estimate of drug-likeness (QED) is 0.332. The molecule has 0 heterocycles. The fourth-order valence-electron chi connectivity index (χ4n) is 0.908. The summed E-state index contributed by atoms with van der Waals surface area (Å²) < 4.78 is 4.85. The molecule has 2 heteroatoms. The lowest BCUT2D eigenvalue weighted by Crippen LogP contribution is -1.94. The summed E-state index contributed by atoms with van der Waals surface area (Å²) in [7, 11) is 1.68. The van der Waals surface area contributed by atoms with Crippen molar-refractivity contribution in [1.82, 2.24) is 0 Å². The lowest BCUT2D eigenvalue weighted by atomic mass is 10.1. The zero-order valence-corrected chi connectivity index (χ0v) is 7.95. The molecule has 2 nitrogen and oxygen atoms in total. The Morgan fingerprint density at radius 1 is 1.42 bits per heavy atom. The van der Waals surface area contributed by atoms with E-state index in [-0.39, 0.29) is 5.92 Å². The van der Waals surface area contributed by atoms with Crippen molar-refractivity contribution in [1.29, 1.82) is 0 Å². The van der Waals surface area contributed by atoms with Crippen LogP contribution in [0.3, 0.4) is 0 Å². The van der Waals surface area contributed by atoms with Gasteiger partial charge in [0.2, 0.25) is 0 Å². The highest BCUT2D eigenvalue weighted by Gasteiger charge is 1.96. The zero-order chi connectivity index (χ0) is 9.23. The maximum Gasteiger partial charge on any atom is 0.122 e. The third-order valence-electron chi connectivity index (χ3n) is 1.69. The van der Waals surface area contributed by atoms with Crippen LogP contribution in [-0.4, -0.2) is 20.0 Å². The molecule has 0 bridgehead atoms. The van der Waals surface area contributed by atoms with E-state index < -0.39 is 0 Å². The van der Waals surface area contributed by atoms with Gasteiger partial charge in [0.05, 0.1) is 6.61 Å². The molecule has 1 atom stereocenters. The monoisotopic (exact) mass is 170 g/mol. The second-order valence-corrected chi connectivity index (χ2v) is 2.97. The molecule has 1 unspecified atom stereocenters. The van der Waals surface area contributed by atoms with Crippen LogP contribution in [0.25, 0.3) is 0 Å². The Kier molecular flexibility index (Phi) is 8.02. The van der Waals surface area contributed by atoms with Gasteiger partial charge in [0, 0.05) is 13.0 Å². The van der Waals surface area contributed by atoms with Crippen molar-refractivity contribution in [2.24, 2.45) is 5.92 Å². The van der Waals surface area contributed by atoms with E-state index in [1.54, 1.807) is 7.11 Å². The lowest BCUT2D eigenvalue weighted by Gasteiger charge is -1.99. The van der Waals surface area contributed by atoms with Crippen LogP contribution in [0.5, 0.6) is 0 Å². The number of aldehydes is 1. The fraction of sp³-hybridized carbons (Fsp3) is 0.700. The summed E-state index contributed by atoms with van der Waals surface area (Å²) in [4.78, 5) is 10.2. The van der Waals surface area contributed by atoms with Crippen LogP contribution in [0.1, 0.15) is 26.2 Å². The average Bonchev–Trinajstić information content (AvgIpc) is 2.10. The third-order valence-corrected chi connectivity index (χ3v) is 1.69. The van der Waals surface area contributed by atoms with Crippen molar-refractivity contribution in [3.63, 3.8) is 0 Å². The van der Waals surface area contributed by atoms with E-state index in [0.29, 0.717) is 6.61 Å². The van der Waals surface area contributed by atoms with E-state index in [0.717, 1.165) is 25.5 Å². The minimum Gasteiger partial charge on any atom is -0.381 e. The molecule has 0 N–H and O–H groups in total. The normalized spacial score (nSPS) is 13.5. The molecule has 0 aliphatic rings. The number of hydrogen-bond acceptors (Lipinski definition) is 2. The number of carbonyl (C=O) groups is 1. The van der Waals surface area contributed by atoms with Gasteiger partial charge in [0.25, 0.3) is 0 Å². The molecule has 12 heavy (non-hydrogen) atoms. The van der Waals surface area contributed by atoms with E-state index in [1.165, 1.54) is 0 Å². The topological polar surface area (TPSA) is 26.3 Å². The predicted octanol–water partition coefficient (Wildman–Crippen LogP) is 2.19. The van der Waals surface area contributed by atoms with Crippen LogP contribution in [-0.2, 0) is 9.53 Å². The molecule has 0 aromatic rings. The van der Waals surface area contributed by atoms with Crippen LogP contribution in [0.15, 0.2) is 12.2 Å². The summed E-state index contributed by atoms with van der Waals surface area (Å²) in [6, 6.07) is 0. The van der Waals surface area contributed by atoms with Gasteiger partial charge in [-0.25, -0.2) is 0 Å². The summed E-state index contributed by atoms with van der Waals surface area (Å²) >= 11 is 0. The first-order valence-corrected chi connectivity index (χ1v) is 4.40. The molecule has 0 spiro atoms. The molecule has 0 saturated heterocycles. The van der Waals surface area contributed by atoms with Crippen molar-refractivity contribution < 1.29 is 9.53 Å². The summed E-state index contributed by atoms with van der Waals surface area (Å²) in [5, 5.41) is 0. The van der Waals surface area contributed by atoms with Gasteiger partial charge < -0.3 is 9.53 Å². The fourth-order valence-corrected chi connectivity index (χ4v) is 0.908. The summed E-state index contributed by atoms with van der Waals surface area (Å²) in [6.07, 6.45) is 8.23. The van der Waals surface area contributed by atoms with Gasteiger partial charge in [-0.1, -0.05) is 19.1 Å². The highest BCUT2D eigenvalue weighted by Crippen LogP contribution is 2.04. The molecule has 0 aliphatic heterocycles. The highest BCUT2D eigenvalue weighted by molar-refractivity contribution is 5.52. The molecular formula is C10H18O2. The van der Waals surface area contributed by atoms with Crippen molar-refractivity contribution >= 4 is 6.29 Å². The largest absolute Gasteiger partial charge is 0.381 e. The Morgan fingerprint density at radius 3 is 2.75 bits per heavy atom. The Morgan fingerprint density at radius 2 is 2.17 bits per heavy atom. The molecule has 0 aliphatic carbocycles. The molecular weight excluding hydrogens is 152 g/mol. The van der Waals surface area contributed by atoms with Crippen molar-refractivity contribution in [2.45, 2.75) is 26.2 Å². The van der Waals surface area contributed by atoms with Gasteiger partial charge >= 0.3 is 0 Å². The zero-order valence-electron chi connectivity index (χ0n) is 7.95. The molecule has 0 aromatic heterocycles. The molecule has 0 radical (unpaired) electrons. The number of rotatable bonds is 7. The van der Waals surface area contributed by atoms with Gasteiger partial charge in [-0.2, -0.15) is 0 Å². The molecule has 0 amide bonds. The Balaban J connectivity index is 3.14. The number of ether oxygens (including phenoxy) is 1. The van der Waals surface area contributed by atoms with Crippen molar-refractivity contribution in [3.8, 4) is 0 Å². The number of unbranched alkanes of at least 4 members (excludes halogenated alkanes) is 1. The molecule has 0 aromatic carbocycles. The number of methoxy groups -OCH3 is 1. The minimum atomic E-state index is 0.209. The van der Waals surface area contributed by atoms with E-state index in [1.807, 2.05) is 13.0 Å². The first kappa shape index (κ1) is 11.4. The van der Waals surface area contributed by atoms with E-state index >= 15 is 0 Å². The van der Waals surface area contributed by atoms with E-state index in [2.05, 4.69) is 6.08 Å². The van der Waals surface area contributed by atoms with Crippen LogP contribution in [0.4, 0.5) is 0 Å². The van der Waals surface area contributed by atoms with Crippen LogP contribution in [0, 0.1) is 5.92 Å². The van der Waals surface area contributed by atoms with Gasteiger partial charge in [-0.3, -0.25) is 0 Å². The van der Waals surface area contributed by atoms with Crippen LogP contribution in [0.2, 0.25) is 0 Å².